The molecule has 258 valence electrons. The molecule has 4 aliphatic heterocycles. The van der Waals surface area contributed by atoms with Gasteiger partial charge in [-0.2, -0.15) is 0 Å². The fourth-order valence-electron chi connectivity index (χ4n) is 9.98. The SMILES string of the molecule is CCCCC1C(C)C(CC(=NOC(=O)OCC)C2OC3OC(C)CCC4C(C)CCC(C2C)C4C3C)OC2OC(C)CCCC21. The summed E-state index contributed by atoms with van der Waals surface area (Å²) >= 11 is 0. The molecule has 0 aromatic heterocycles. The molecule has 15 unspecified atom stereocenters. The topological polar surface area (TPSA) is 84.8 Å². The summed E-state index contributed by atoms with van der Waals surface area (Å²) in [5, 5.41) is 4.58. The van der Waals surface area contributed by atoms with E-state index in [2.05, 4.69) is 53.6 Å². The van der Waals surface area contributed by atoms with Crippen LogP contribution >= 0.6 is 0 Å². The lowest BCUT2D eigenvalue weighted by atomic mass is 9.58. The van der Waals surface area contributed by atoms with E-state index in [4.69, 9.17) is 28.5 Å². The van der Waals surface area contributed by atoms with Crippen molar-refractivity contribution in [1.29, 1.82) is 0 Å². The Hall–Kier alpha value is -1.22. The predicted octanol–water partition coefficient (Wildman–Crippen LogP) is 8.75. The number of carbonyl (C=O) groups excluding carboxylic acids is 1. The molecule has 5 rings (SSSR count). The Morgan fingerprint density at radius 3 is 2.24 bits per heavy atom. The van der Waals surface area contributed by atoms with Crippen molar-refractivity contribution < 1.29 is 33.3 Å². The van der Waals surface area contributed by atoms with Crippen LogP contribution in [0.5, 0.6) is 0 Å². The number of oxime groups is 1. The molecular formula is C37H63NO7. The van der Waals surface area contributed by atoms with Crippen LogP contribution in [0, 0.1) is 53.3 Å². The van der Waals surface area contributed by atoms with Crippen LogP contribution in [0.3, 0.4) is 0 Å². The van der Waals surface area contributed by atoms with Gasteiger partial charge in [-0.15, -0.1) is 0 Å². The van der Waals surface area contributed by atoms with E-state index >= 15 is 0 Å². The lowest BCUT2D eigenvalue weighted by molar-refractivity contribution is -0.261. The summed E-state index contributed by atoms with van der Waals surface area (Å²) in [7, 11) is 0. The van der Waals surface area contributed by atoms with Crippen molar-refractivity contribution in [1.82, 2.24) is 0 Å². The number of unbranched alkanes of at least 4 members (excludes halogenated alkanes) is 1. The Kier molecular flexibility index (Phi) is 12.3. The second-order valence-corrected chi connectivity index (χ2v) is 15.4. The molecule has 4 heterocycles. The molecule has 8 heteroatoms. The maximum absolute atomic E-state index is 12.5. The number of fused-ring (bicyclic) bond motifs is 2. The first kappa shape index (κ1) is 35.1. The van der Waals surface area contributed by atoms with Crippen LogP contribution < -0.4 is 0 Å². The Bertz CT molecular complexity index is 990. The average Bonchev–Trinajstić information content (AvgIpc) is 3.25. The minimum Gasteiger partial charge on any atom is -0.433 e. The van der Waals surface area contributed by atoms with Gasteiger partial charge in [-0.3, -0.25) is 4.84 Å². The molecular weight excluding hydrogens is 570 g/mol. The molecule has 8 nitrogen and oxygen atoms in total. The van der Waals surface area contributed by atoms with Crippen LogP contribution in [-0.2, 0) is 28.5 Å². The van der Waals surface area contributed by atoms with E-state index in [0.717, 1.165) is 25.0 Å². The van der Waals surface area contributed by atoms with Crippen molar-refractivity contribution in [2.24, 2.45) is 58.4 Å². The van der Waals surface area contributed by atoms with Gasteiger partial charge >= 0.3 is 6.16 Å². The molecule has 1 saturated carbocycles. The van der Waals surface area contributed by atoms with Crippen LogP contribution in [0.2, 0.25) is 0 Å². The van der Waals surface area contributed by atoms with Crippen LogP contribution in [0.15, 0.2) is 5.16 Å². The Morgan fingerprint density at radius 2 is 1.49 bits per heavy atom. The van der Waals surface area contributed by atoms with E-state index in [1.165, 1.54) is 44.9 Å². The summed E-state index contributed by atoms with van der Waals surface area (Å²) in [5.41, 5.74) is 0.727. The number of carbonyl (C=O) groups is 1. The van der Waals surface area contributed by atoms with E-state index in [0.29, 0.717) is 47.8 Å². The first-order chi connectivity index (χ1) is 21.6. The average molecular weight is 634 g/mol. The van der Waals surface area contributed by atoms with Crippen molar-refractivity contribution in [3.63, 3.8) is 0 Å². The van der Waals surface area contributed by atoms with Gasteiger partial charge in [0.15, 0.2) is 12.6 Å². The van der Waals surface area contributed by atoms with E-state index < -0.39 is 6.16 Å². The molecule has 15 atom stereocenters. The normalized spacial score (nSPS) is 45.7. The van der Waals surface area contributed by atoms with Crippen LogP contribution in [0.1, 0.15) is 126 Å². The molecule has 4 saturated heterocycles. The first-order valence-electron chi connectivity index (χ1n) is 18.6. The van der Waals surface area contributed by atoms with Gasteiger partial charge in [0.05, 0.1) is 30.6 Å². The van der Waals surface area contributed by atoms with Gasteiger partial charge in [0, 0.05) is 18.3 Å². The predicted molar refractivity (Wildman–Crippen MR) is 175 cm³/mol. The van der Waals surface area contributed by atoms with E-state index in [1.54, 1.807) is 6.92 Å². The summed E-state index contributed by atoms with van der Waals surface area (Å²) in [6.45, 7) is 18.1. The molecule has 0 aromatic rings. The van der Waals surface area contributed by atoms with Crippen molar-refractivity contribution in [3.8, 4) is 0 Å². The minimum atomic E-state index is -0.784. The second-order valence-electron chi connectivity index (χ2n) is 15.4. The molecule has 0 amide bonds. The standard InChI is InChI=1S/C37H63NO7/c1-9-11-14-28-24(6)32(43-36-30(28)15-12-13-22(4)42-36)20-31(38-45-37(39)40-10-2)34-25(7)29-18-16-21(3)27-19-17-23(5)41-35(44-34)26(8)33(27)29/h21-30,32-36H,9-20H2,1-8H3. The second kappa shape index (κ2) is 15.8. The molecule has 0 aromatic carbocycles. The Balaban J connectivity index is 1.48. The lowest BCUT2D eigenvalue weighted by Gasteiger charge is -2.48. The van der Waals surface area contributed by atoms with Gasteiger partial charge in [-0.05, 0) is 101 Å². The third-order valence-corrected chi connectivity index (χ3v) is 12.5. The smallest absolute Gasteiger partial charge is 0.433 e. The fourth-order valence-corrected chi connectivity index (χ4v) is 9.98. The first-order valence-corrected chi connectivity index (χ1v) is 18.6. The minimum absolute atomic E-state index is 0.122. The zero-order chi connectivity index (χ0) is 32.2. The summed E-state index contributed by atoms with van der Waals surface area (Å²) in [6, 6.07) is 0. The van der Waals surface area contributed by atoms with E-state index in [9.17, 15) is 4.79 Å². The Labute approximate surface area is 273 Å². The molecule has 5 aliphatic rings. The molecule has 2 bridgehead atoms. The molecule has 0 spiro atoms. The van der Waals surface area contributed by atoms with Gasteiger partial charge in [0.2, 0.25) is 0 Å². The third kappa shape index (κ3) is 7.92. The zero-order valence-electron chi connectivity index (χ0n) is 29.5. The highest BCUT2D eigenvalue weighted by Gasteiger charge is 2.53. The summed E-state index contributed by atoms with van der Waals surface area (Å²) in [5.74, 6) is 4.07. The van der Waals surface area contributed by atoms with Gasteiger partial charge in [-0.25, -0.2) is 4.79 Å². The summed E-state index contributed by atoms with van der Waals surface area (Å²) in [6.07, 6.45) is 10.7. The zero-order valence-corrected chi connectivity index (χ0v) is 29.5. The highest BCUT2D eigenvalue weighted by atomic mass is 16.8. The Morgan fingerprint density at radius 1 is 0.756 bits per heavy atom. The van der Waals surface area contributed by atoms with Gasteiger partial charge in [-0.1, -0.05) is 65.5 Å². The maximum Gasteiger partial charge on any atom is 0.535 e. The molecule has 0 N–H and O–H groups in total. The molecule has 5 fully saturated rings. The number of nitrogens with zero attached hydrogens (tertiary/aromatic N) is 1. The van der Waals surface area contributed by atoms with Crippen molar-refractivity contribution in [3.05, 3.63) is 0 Å². The number of hydrogen-bond acceptors (Lipinski definition) is 8. The van der Waals surface area contributed by atoms with E-state index in [-0.39, 0.29) is 55.4 Å². The van der Waals surface area contributed by atoms with Crippen molar-refractivity contribution >= 4 is 11.9 Å². The molecule has 1 aliphatic carbocycles. The van der Waals surface area contributed by atoms with E-state index in [1.807, 2.05) is 0 Å². The van der Waals surface area contributed by atoms with Gasteiger partial charge < -0.3 is 23.7 Å². The lowest BCUT2D eigenvalue weighted by Crippen LogP contribution is -2.50. The monoisotopic (exact) mass is 633 g/mol. The highest BCUT2D eigenvalue weighted by molar-refractivity contribution is 5.89. The van der Waals surface area contributed by atoms with Crippen LogP contribution in [0.4, 0.5) is 4.79 Å². The third-order valence-electron chi connectivity index (χ3n) is 12.5. The van der Waals surface area contributed by atoms with Crippen LogP contribution in [0.25, 0.3) is 0 Å². The summed E-state index contributed by atoms with van der Waals surface area (Å²) < 4.78 is 32.3. The highest BCUT2D eigenvalue weighted by Crippen LogP contribution is 2.53. The quantitative estimate of drug-likeness (QED) is 0.114. The maximum atomic E-state index is 12.5. The van der Waals surface area contributed by atoms with Crippen molar-refractivity contribution in [2.45, 2.75) is 163 Å². The van der Waals surface area contributed by atoms with Crippen LogP contribution in [-0.4, -0.2) is 55.5 Å². The number of ether oxygens (including phenoxy) is 5. The molecule has 45 heavy (non-hydrogen) atoms. The number of rotatable bonds is 8. The summed E-state index contributed by atoms with van der Waals surface area (Å²) in [4.78, 5) is 17.9. The van der Waals surface area contributed by atoms with Gasteiger partial charge in [0.1, 0.15) is 6.10 Å². The fraction of sp³-hybridized carbons (Fsp3) is 0.946. The largest absolute Gasteiger partial charge is 0.535 e. The van der Waals surface area contributed by atoms with Gasteiger partial charge in [0.25, 0.3) is 0 Å². The number of hydrogen-bond donors (Lipinski definition) is 0. The molecule has 0 radical (unpaired) electrons. The van der Waals surface area contributed by atoms with Crippen molar-refractivity contribution in [2.75, 3.05) is 6.61 Å².